The zero-order valence-electron chi connectivity index (χ0n) is 12.0. The van der Waals surface area contributed by atoms with E-state index in [1.807, 2.05) is 13.2 Å². The van der Waals surface area contributed by atoms with Gasteiger partial charge in [0.15, 0.2) is 0 Å². The minimum Gasteiger partial charge on any atom is -0.338 e. The molecule has 0 radical (unpaired) electrons. The Morgan fingerprint density at radius 3 is 2.84 bits per heavy atom. The molecule has 2 heterocycles. The van der Waals surface area contributed by atoms with Gasteiger partial charge in [-0.25, -0.2) is 4.98 Å². The molecule has 0 spiro atoms. The van der Waals surface area contributed by atoms with Crippen molar-refractivity contribution in [2.45, 2.75) is 57.0 Å². The Morgan fingerprint density at radius 1 is 1.21 bits per heavy atom. The summed E-state index contributed by atoms with van der Waals surface area (Å²) in [7, 11) is 2.05. The van der Waals surface area contributed by atoms with Crippen molar-refractivity contribution >= 4 is 5.95 Å². The highest BCUT2D eigenvalue weighted by Gasteiger charge is 2.28. The van der Waals surface area contributed by atoms with Gasteiger partial charge in [0.05, 0.1) is 0 Å². The van der Waals surface area contributed by atoms with E-state index in [0.717, 1.165) is 13.1 Å². The standard InChI is InChI=1S/C15H26N4/c1-16-12-14-8-5-10-18(14)15-17-9-11-19(15)13-6-3-2-4-7-13/h9,11,13-14,16H,2-8,10,12H2,1H3. The molecule has 1 aliphatic carbocycles. The van der Waals surface area contributed by atoms with Crippen molar-refractivity contribution in [2.75, 3.05) is 25.0 Å². The zero-order valence-corrected chi connectivity index (χ0v) is 12.0. The number of aromatic nitrogens is 2. The lowest BCUT2D eigenvalue weighted by molar-refractivity contribution is 0.352. The van der Waals surface area contributed by atoms with Gasteiger partial charge in [-0.2, -0.15) is 0 Å². The van der Waals surface area contributed by atoms with Crippen molar-refractivity contribution in [1.29, 1.82) is 0 Å². The summed E-state index contributed by atoms with van der Waals surface area (Å²) < 4.78 is 2.45. The van der Waals surface area contributed by atoms with Gasteiger partial charge in [0.1, 0.15) is 0 Å². The second-order valence-corrected chi connectivity index (χ2v) is 5.97. The van der Waals surface area contributed by atoms with E-state index in [1.54, 1.807) is 0 Å². The predicted octanol–water partition coefficient (Wildman–Crippen LogP) is 2.58. The Bertz CT molecular complexity index is 395. The van der Waals surface area contributed by atoms with Crippen LogP contribution in [-0.2, 0) is 0 Å². The molecule has 106 valence electrons. The van der Waals surface area contributed by atoms with Gasteiger partial charge in [0, 0.05) is 37.6 Å². The van der Waals surface area contributed by atoms with Gasteiger partial charge in [-0.3, -0.25) is 0 Å². The van der Waals surface area contributed by atoms with E-state index in [9.17, 15) is 0 Å². The first kappa shape index (κ1) is 13.0. The first-order valence-electron chi connectivity index (χ1n) is 7.84. The fourth-order valence-electron chi connectivity index (χ4n) is 3.72. The van der Waals surface area contributed by atoms with Crippen LogP contribution >= 0.6 is 0 Å². The Labute approximate surface area is 116 Å². The molecule has 0 bridgehead atoms. The molecule has 1 aromatic rings. The Hall–Kier alpha value is -1.03. The summed E-state index contributed by atoms with van der Waals surface area (Å²) in [6, 6.07) is 1.30. The third kappa shape index (κ3) is 2.64. The number of anilines is 1. The second kappa shape index (κ2) is 5.95. The summed E-state index contributed by atoms with van der Waals surface area (Å²) in [4.78, 5) is 7.19. The van der Waals surface area contributed by atoms with Crippen LogP contribution in [0.4, 0.5) is 5.95 Å². The minimum absolute atomic E-state index is 0.620. The molecule has 0 aromatic carbocycles. The van der Waals surface area contributed by atoms with Crippen molar-refractivity contribution in [2.24, 2.45) is 0 Å². The van der Waals surface area contributed by atoms with E-state index >= 15 is 0 Å². The molecule has 2 aliphatic rings. The van der Waals surface area contributed by atoms with Crippen LogP contribution in [0.15, 0.2) is 12.4 Å². The third-order valence-electron chi connectivity index (χ3n) is 4.69. The van der Waals surface area contributed by atoms with E-state index in [0.29, 0.717) is 12.1 Å². The van der Waals surface area contributed by atoms with Crippen LogP contribution in [0.5, 0.6) is 0 Å². The van der Waals surface area contributed by atoms with E-state index in [-0.39, 0.29) is 0 Å². The van der Waals surface area contributed by atoms with Crippen molar-refractivity contribution < 1.29 is 0 Å². The SMILES string of the molecule is CNCC1CCCN1c1nccn1C1CCCCC1. The van der Waals surface area contributed by atoms with Crippen LogP contribution in [0.3, 0.4) is 0 Å². The van der Waals surface area contributed by atoms with Gasteiger partial charge < -0.3 is 14.8 Å². The molecule has 1 unspecified atom stereocenters. The summed E-state index contributed by atoms with van der Waals surface area (Å²) in [5, 5.41) is 3.32. The number of hydrogen-bond acceptors (Lipinski definition) is 3. The lowest BCUT2D eigenvalue weighted by atomic mass is 9.95. The maximum Gasteiger partial charge on any atom is 0.205 e. The molecule has 0 amide bonds. The van der Waals surface area contributed by atoms with Crippen LogP contribution < -0.4 is 10.2 Å². The zero-order chi connectivity index (χ0) is 13.1. The van der Waals surface area contributed by atoms with Crippen LogP contribution in [0, 0.1) is 0 Å². The monoisotopic (exact) mass is 262 g/mol. The first-order valence-corrected chi connectivity index (χ1v) is 7.84. The average Bonchev–Trinajstić information content (AvgIpc) is 3.08. The van der Waals surface area contributed by atoms with Gasteiger partial charge in [0.2, 0.25) is 5.95 Å². The molecule has 1 saturated heterocycles. The fourth-order valence-corrected chi connectivity index (χ4v) is 3.72. The van der Waals surface area contributed by atoms with E-state index in [4.69, 9.17) is 0 Å². The van der Waals surface area contributed by atoms with Crippen LogP contribution in [-0.4, -0.2) is 35.7 Å². The molecule has 1 aliphatic heterocycles. The lowest BCUT2D eigenvalue weighted by Gasteiger charge is -2.30. The molecule has 1 N–H and O–H groups in total. The van der Waals surface area contributed by atoms with Gasteiger partial charge in [-0.1, -0.05) is 19.3 Å². The topological polar surface area (TPSA) is 33.1 Å². The smallest absolute Gasteiger partial charge is 0.205 e. The molecule has 19 heavy (non-hydrogen) atoms. The van der Waals surface area contributed by atoms with Gasteiger partial charge >= 0.3 is 0 Å². The highest BCUT2D eigenvalue weighted by Crippen LogP contribution is 2.33. The average molecular weight is 262 g/mol. The molecule has 1 aromatic heterocycles. The van der Waals surface area contributed by atoms with Crippen molar-refractivity contribution in [3.05, 3.63) is 12.4 Å². The Balaban J connectivity index is 1.78. The number of likely N-dealkylation sites (N-methyl/N-ethyl adjacent to an activating group) is 1. The summed E-state index contributed by atoms with van der Waals surface area (Å²) >= 11 is 0. The minimum atomic E-state index is 0.620. The maximum absolute atomic E-state index is 4.67. The molecule has 3 rings (SSSR count). The molecular weight excluding hydrogens is 236 g/mol. The number of nitrogens with one attached hydrogen (secondary N) is 1. The van der Waals surface area contributed by atoms with E-state index in [2.05, 4.69) is 26.0 Å². The Morgan fingerprint density at radius 2 is 2.05 bits per heavy atom. The molecule has 1 saturated carbocycles. The van der Waals surface area contributed by atoms with Crippen molar-refractivity contribution in [3.63, 3.8) is 0 Å². The van der Waals surface area contributed by atoms with Gasteiger partial charge in [-0.15, -0.1) is 0 Å². The van der Waals surface area contributed by atoms with Crippen molar-refractivity contribution in [3.8, 4) is 0 Å². The summed E-state index contributed by atoms with van der Waals surface area (Å²) in [5.74, 6) is 1.21. The molecular formula is C15H26N4. The highest BCUT2D eigenvalue weighted by atomic mass is 15.3. The van der Waals surface area contributed by atoms with E-state index in [1.165, 1.54) is 50.9 Å². The normalized spacial score (nSPS) is 25.1. The fraction of sp³-hybridized carbons (Fsp3) is 0.800. The highest BCUT2D eigenvalue weighted by molar-refractivity contribution is 5.35. The van der Waals surface area contributed by atoms with Crippen LogP contribution in [0.25, 0.3) is 0 Å². The van der Waals surface area contributed by atoms with Gasteiger partial charge in [-0.05, 0) is 32.7 Å². The number of nitrogens with zero attached hydrogens (tertiary/aromatic N) is 3. The van der Waals surface area contributed by atoms with Gasteiger partial charge in [0.25, 0.3) is 0 Å². The number of imidazole rings is 1. The Kier molecular flexibility index (Phi) is 4.06. The number of rotatable bonds is 4. The quantitative estimate of drug-likeness (QED) is 0.905. The third-order valence-corrected chi connectivity index (χ3v) is 4.69. The molecule has 1 atom stereocenters. The van der Waals surface area contributed by atoms with Crippen LogP contribution in [0.1, 0.15) is 51.0 Å². The molecule has 2 fully saturated rings. The number of hydrogen-bond donors (Lipinski definition) is 1. The maximum atomic E-state index is 4.67. The molecule has 4 heteroatoms. The summed E-state index contributed by atoms with van der Waals surface area (Å²) in [6.45, 7) is 2.23. The lowest BCUT2D eigenvalue weighted by Crippen LogP contribution is -2.38. The summed E-state index contributed by atoms with van der Waals surface area (Å²) in [5.41, 5.74) is 0. The van der Waals surface area contributed by atoms with Crippen molar-refractivity contribution in [1.82, 2.24) is 14.9 Å². The summed E-state index contributed by atoms with van der Waals surface area (Å²) in [6.07, 6.45) is 13.6. The molecule has 4 nitrogen and oxygen atoms in total. The second-order valence-electron chi connectivity index (χ2n) is 5.97. The predicted molar refractivity (Wildman–Crippen MR) is 78.6 cm³/mol. The first-order chi connectivity index (χ1) is 9.40. The van der Waals surface area contributed by atoms with Crippen LogP contribution in [0.2, 0.25) is 0 Å². The van der Waals surface area contributed by atoms with E-state index < -0.39 is 0 Å². The largest absolute Gasteiger partial charge is 0.338 e.